The molecule has 1 saturated heterocycles. The summed E-state index contributed by atoms with van der Waals surface area (Å²) in [4.78, 5) is 33.6. The molecule has 0 bridgehead atoms. The van der Waals surface area contributed by atoms with Crippen molar-refractivity contribution < 1.29 is 4.79 Å². The Bertz CT molecular complexity index is 703. The Kier molecular flexibility index (Phi) is 5.24. The van der Waals surface area contributed by atoms with Gasteiger partial charge < -0.3 is 9.80 Å². The van der Waals surface area contributed by atoms with Gasteiger partial charge in [-0.15, -0.1) is 0 Å². The molecule has 0 unspecified atom stereocenters. The fraction of sp³-hybridized carbons (Fsp3) is 0.438. The molecule has 0 radical (unpaired) electrons. The summed E-state index contributed by atoms with van der Waals surface area (Å²) < 4.78 is 0. The van der Waals surface area contributed by atoms with Crippen LogP contribution in [0.5, 0.6) is 0 Å². The molecular formula is C16H20N6OS. The number of hydrogen-bond acceptors (Lipinski definition) is 7. The number of anilines is 1. The van der Waals surface area contributed by atoms with E-state index in [1.165, 1.54) is 11.8 Å². The van der Waals surface area contributed by atoms with Gasteiger partial charge in [-0.2, -0.15) is 0 Å². The van der Waals surface area contributed by atoms with E-state index in [-0.39, 0.29) is 5.91 Å². The second-order valence-corrected chi connectivity index (χ2v) is 6.55. The maximum atomic E-state index is 12.3. The van der Waals surface area contributed by atoms with Crippen molar-refractivity contribution in [2.45, 2.75) is 19.0 Å². The van der Waals surface area contributed by atoms with Gasteiger partial charge in [0, 0.05) is 44.8 Å². The van der Waals surface area contributed by atoms with Gasteiger partial charge in [-0.25, -0.2) is 15.0 Å². The minimum Gasteiger partial charge on any atom is -0.352 e. The molecule has 0 aromatic carbocycles. The summed E-state index contributed by atoms with van der Waals surface area (Å²) in [5.74, 6) is 1.42. The van der Waals surface area contributed by atoms with Crippen molar-refractivity contribution in [2.75, 3.05) is 36.8 Å². The standard InChI is InChI=1S/C16H20N6OS/c1-12-10-19-13(2)15(20-12)22-8-6-21(7-9-22)14(23)11-24-16-17-4-3-5-18-16/h3-5,10H,6-9,11H2,1-2H3. The van der Waals surface area contributed by atoms with Crippen LogP contribution in [0.25, 0.3) is 0 Å². The Morgan fingerprint density at radius 3 is 2.54 bits per heavy atom. The first-order valence-electron chi connectivity index (χ1n) is 7.86. The van der Waals surface area contributed by atoms with E-state index in [4.69, 9.17) is 0 Å². The van der Waals surface area contributed by atoms with E-state index in [1.54, 1.807) is 24.7 Å². The molecule has 24 heavy (non-hydrogen) atoms. The molecule has 2 aromatic heterocycles. The van der Waals surface area contributed by atoms with Crippen LogP contribution >= 0.6 is 11.8 Å². The number of hydrogen-bond donors (Lipinski definition) is 0. The zero-order valence-electron chi connectivity index (χ0n) is 13.8. The Morgan fingerprint density at radius 2 is 1.83 bits per heavy atom. The van der Waals surface area contributed by atoms with Gasteiger partial charge in [0.15, 0.2) is 5.16 Å². The molecule has 3 heterocycles. The van der Waals surface area contributed by atoms with Gasteiger partial charge >= 0.3 is 0 Å². The smallest absolute Gasteiger partial charge is 0.233 e. The van der Waals surface area contributed by atoms with E-state index < -0.39 is 0 Å². The van der Waals surface area contributed by atoms with Crippen molar-refractivity contribution in [3.63, 3.8) is 0 Å². The van der Waals surface area contributed by atoms with Crippen LogP contribution in [0.2, 0.25) is 0 Å². The molecule has 8 heteroatoms. The van der Waals surface area contributed by atoms with E-state index in [1.807, 2.05) is 18.7 Å². The quantitative estimate of drug-likeness (QED) is 0.612. The van der Waals surface area contributed by atoms with Gasteiger partial charge in [-0.3, -0.25) is 9.78 Å². The fourth-order valence-corrected chi connectivity index (χ4v) is 3.28. The number of carbonyl (C=O) groups excluding carboxylic acids is 1. The Morgan fingerprint density at radius 1 is 1.12 bits per heavy atom. The number of rotatable bonds is 4. The normalized spacial score (nSPS) is 14.8. The molecule has 1 aliphatic rings. The van der Waals surface area contributed by atoms with Crippen LogP contribution in [-0.2, 0) is 4.79 Å². The summed E-state index contributed by atoms with van der Waals surface area (Å²) in [7, 11) is 0. The first-order chi connectivity index (χ1) is 11.6. The highest BCUT2D eigenvalue weighted by atomic mass is 32.2. The van der Waals surface area contributed by atoms with E-state index in [0.717, 1.165) is 30.3 Å². The zero-order valence-corrected chi connectivity index (χ0v) is 14.7. The van der Waals surface area contributed by atoms with E-state index in [0.29, 0.717) is 24.0 Å². The van der Waals surface area contributed by atoms with Gasteiger partial charge in [0.05, 0.1) is 17.1 Å². The molecule has 1 aliphatic heterocycles. The lowest BCUT2D eigenvalue weighted by Crippen LogP contribution is -2.49. The van der Waals surface area contributed by atoms with Crippen LogP contribution in [-0.4, -0.2) is 62.7 Å². The van der Waals surface area contributed by atoms with Gasteiger partial charge in [-0.05, 0) is 19.9 Å². The lowest BCUT2D eigenvalue weighted by Gasteiger charge is -2.35. The third-order valence-corrected chi connectivity index (χ3v) is 4.71. The first-order valence-corrected chi connectivity index (χ1v) is 8.85. The molecule has 0 N–H and O–H groups in total. The topological polar surface area (TPSA) is 75.1 Å². The summed E-state index contributed by atoms with van der Waals surface area (Å²) in [6.45, 7) is 6.86. The fourth-order valence-electron chi connectivity index (χ4n) is 2.57. The van der Waals surface area contributed by atoms with Crippen LogP contribution in [0.1, 0.15) is 11.4 Å². The predicted octanol–water partition coefficient (Wildman–Crippen LogP) is 1.32. The number of carbonyl (C=O) groups is 1. The molecule has 3 rings (SSSR count). The maximum Gasteiger partial charge on any atom is 0.233 e. The SMILES string of the molecule is Cc1cnc(C)c(N2CCN(C(=O)CSc3ncccn3)CC2)n1. The van der Waals surface area contributed by atoms with Gasteiger partial charge in [0.1, 0.15) is 5.82 Å². The van der Waals surface area contributed by atoms with Crippen LogP contribution in [0.4, 0.5) is 5.82 Å². The number of piperazine rings is 1. The second kappa shape index (κ2) is 7.57. The van der Waals surface area contributed by atoms with Crippen molar-refractivity contribution in [3.8, 4) is 0 Å². The average Bonchev–Trinajstić information content (AvgIpc) is 2.63. The minimum atomic E-state index is 0.124. The van der Waals surface area contributed by atoms with Crippen LogP contribution in [0.3, 0.4) is 0 Å². The third kappa shape index (κ3) is 4.00. The lowest BCUT2D eigenvalue weighted by atomic mass is 10.3. The van der Waals surface area contributed by atoms with Crippen molar-refractivity contribution in [3.05, 3.63) is 36.0 Å². The van der Waals surface area contributed by atoms with Crippen molar-refractivity contribution in [2.24, 2.45) is 0 Å². The molecule has 2 aromatic rings. The largest absolute Gasteiger partial charge is 0.352 e. The molecule has 0 spiro atoms. The van der Waals surface area contributed by atoms with Crippen LogP contribution < -0.4 is 4.90 Å². The monoisotopic (exact) mass is 344 g/mol. The van der Waals surface area contributed by atoms with Gasteiger partial charge in [0.25, 0.3) is 0 Å². The Balaban J connectivity index is 1.53. The Labute approximate surface area is 145 Å². The molecular weight excluding hydrogens is 324 g/mol. The number of nitrogens with zero attached hydrogens (tertiary/aromatic N) is 6. The Hall–Kier alpha value is -2.22. The summed E-state index contributed by atoms with van der Waals surface area (Å²) >= 11 is 1.37. The van der Waals surface area contributed by atoms with Gasteiger partial charge in [-0.1, -0.05) is 11.8 Å². The zero-order chi connectivity index (χ0) is 16.9. The van der Waals surface area contributed by atoms with E-state index in [9.17, 15) is 4.79 Å². The third-order valence-electron chi connectivity index (χ3n) is 3.85. The van der Waals surface area contributed by atoms with Crippen LogP contribution in [0.15, 0.2) is 29.8 Å². The molecule has 0 atom stereocenters. The number of thioether (sulfide) groups is 1. The van der Waals surface area contributed by atoms with Gasteiger partial charge in [0.2, 0.25) is 5.91 Å². The van der Waals surface area contributed by atoms with Crippen molar-refractivity contribution in [1.82, 2.24) is 24.8 Å². The first kappa shape index (κ1) is 16.6. The highest BCUT2D eigenvalue weighted by Crippen LogP contribution is 2.18. The predicted molar refractivity (Wildman–Crippen MR) is 93.1 cm³/mol. The summed E-state index contributed by atoms with van der Waals surface area (Å²) in [6.07, 6.45) is 5.15. The van der Waals surface area contributed by atoms with Crippen molar-refractivity contribution >= 4 is 23.5 Å². The molecule has 0 aliphatic carbocycles. The summed E-state index contributed by atoms with van der Waals surface area (Å²) in [5, 5.41) is 0.634. The molecule has 7 nitrogen and oxygen atoms in total. The molecule has 1 fully saturated rings. The van der Waals surface area contributed by atoms with Crippen LogP contribution in [0, 0.1) is 13.8 Å². The number of amides is 1. The van der Waals surface area contributed by atoms with E-state index >= 15 is 0 Å². The second-order valence-electron chi connectivity index (χ2n) is 5.61. The summed E-state index contributed by atoms with van der Waals surface area (Å²) in [5.41, 5.74) is 1.84. The molecule has 126 valence electrons. The number of aromatic nitrogens is 4. The average molecular weight is 344 g/mol. The highest BCUT2D eigenvalue weighted by Gasteiger charge is 2.23. The van der Waals surface area contributed by atoms with E-state index in [2.05, 4.69) is 24.8 Å². The molecule has 0 saturated carbocycles. The minimum absolute atomic E-state index is 0.124. The van der Waals surface area contributed by atoms with Crippen molar-refractivity contribution in [1.29, 1.82) is 0 Å². The maximum absolute atomic E-state index is 12.3. The highest BCUT2D eigenvalue weighted by molar-refractivity contribution is 7.99. The lowest BCUT2D eigenvalue weighted by molar-refractivity contribution is -0.128. The number of aryl methyl sites for hydroxylation is 2. The summed E-state index contributed by atoms with van der Waals surface area (Å²) in [6, 6.07) is 1.77. The molecule has 1 amide bonds.